The summed E-state index contributed by atoms with van der Waals surface area (Å²) in [6.45, 7) is 4.27. The van der Waals surface area contributed by atoms with E-state index in [1.807, 2.05) is 13.8 Å². The van der Waals surface area contributed by atoms with Crippen LogP contribution in [0.25, 0.3) is 0 Å². The quantitative estimate of drug-likeness (QED) is 0.864. The SMILES string of the molecule is C#CCN(c1oc(C(=O)O)cc1Br)C(C)C. The van der Waals surface area contributed by atoms with Gasteiger partial charge in [-0.25, -0.2) is 4.79 Å². The molecule has 0 spiro atoms. The number of terminal acetylenes is 1. The Labute approximate surface area is 102 Å². The molecular weight excluding hydrogens is 274 g/mol. The topological polar surface area (TPSA) is 53.7 Å². The molecule has 0 bridgehead atoms. The minimum absolute atomic E-state index is 0.107. The molecule has 1 aromatic heterocycles. The van der Waals surface area contributed by atoms with Gasteiger partial charge in [0.2, 0.25) is 11.6 Å². The van der Waals surface area contributed by atoms with Crippen molar-refractivity contribution in [1.29, 1.82) is 0 Å². The monoisotopic (exact) mass is 285 g/mol. The van der Waals surface area contributed by atoms with Crippen LogP contribution in [0.2, 0.25) is 0 Å². The molecule has 86 valence electrons. The maximum absolute atomic E-state index is 10.7. The van der Waals surface area contributed by atoms with Crippen molar-refractivity contribution in [2.24, 2.45) is 0 Å². The molecule has 0 aromatic carbocycles. The number of anilines is 1. The van der Waals surface area contributed by atoms with Crippen LogP contribution in [-0.4, -0.2) is 23.7 Å². The molecule has 0 saturated heterocycles. The molecule has 1 rings (SSSR count). The molecule has 16 heavy (non-hydrogen) atoms. The summed E-state index contributed by atoms with van der Waals surface area (Å²) in [5, 5.41) is 8.80. The first kappa shape index (κ1) is 12.7. The molecular formula is C11H12BrNO3. The Morgan fingerprint density at radius 3 is 2.75 bits per heavy atom. The summed E-state index contributed by atoms with van der Waals surface area (Å²) in [4.78, 5) is 12.5. The van der Waals surface area contributed by atoms with E-state index in [0.717, 1.165) is 0 Å². The Bertz CT molecular complexity index is 431. The van der Waals surface area contributed by atoms with Crippen molar-refractivity contribution in [2.45, 2.75) is 19.9 Å². The highest BCUT2D eigenvalue weighted by molar-refractivity contribution is 9.10. The van der Waals surface area contributed by atoms with Gasteiger partial charge in [0.1, 0.15) is 0 Å². The van der Waals surface area contributed by atoms with Crippen LogP contribution in [0.4, 0.5) is 5.88 Å². The van der Waals surface area contributed by atoms with Gasteiger partial charge in [-0.05, 0) is 29.8 Å². The van der Waals surface area contributed by atoms with E-state index < -0.39 is 5.97 Å². The summed E-state index contributed by atoms with van der Waals surface area (Å²) in [5.41, 5.74) is 0. The molecule has 5 heteroatoms. The van der Waals surface area contributed by atoms with Gasteiger partial charge in [-0.1, -0.05) is 5.92 Å². The van der Waals surface area contributed by atoms with Crippen molar-refractivity contribution in [1.82, 2.24) is 0 Å². The van der Waals surface area contributed by atoms with Crippen LogP contribution < -0.4 is 4.90 Å². The fourth-order valence-corrected chi connectivity index (χ4v) is 1.76. The van der Waals surface area contributed by atoms with Crippen LogP contribution >= 0.6 is 15.9 Å². The number of carbonyl (C=O) groups is 1. The van der Waals surface area contributed by atoms with Gasteiger partial charge in [-0.3, -0.25) is 0 Å². The Hall–Kier alpha value is -1.41. The third kappa shape index (κ3) is 2.58. The molecule has 0 unspecified atom stereocenters. The van der Waals surface area contributed by atoms with Gasteiger partial charge in [-0.2, -0.15) is 0 Å². The first-order valence-corrected chi connectivity index (χ1v) is 5.49. The number of hydrogen-bond acceptors (Lipinski definition) is 3. The minimum atomic E-state index is -1.10. The maximum atomic E-state index is 10.7. The third-order valence-electron chi connectivity index (χ3n) is 2.03. The average Bonchev–Trinajstić information content (AvgIpc) is 2.56. The predicted molar refractivity (Wildman–Crippen MR) is 64.7 cm³/mol. The molecule has 0 radical (unpaired) electrons. The highest BCUT2D eigenvalue weighted by Crippen LogP contribution is 2.31. The van der Waals surface area contributed by atoms with E-state index in [4.69, 9.17) is 15.9 Å². The van der Waals surface area contributed by atoms with Crippen molar-refractivity contribution in [3.8, 4) is 12.3 Å². The normalized spacial score (nSPS) is 10.2. The first-order valence-electron chi connectivity index (χ1n) is 4.70. The van der Waals surface area contributed by atoms with Gasteiger partial charge < -0.3 is 14.4 Å². The zero-order valence-electron chi connectivity index (χ0n) is 9.03. The first-order chi connectivity index (χ1) is 7.47. The lowest BCUT2D eigenvalue weighted by molar-refractivity contribution is 0.0663. The second kappa shape index (κ2) is 5.08. The van der Waals surface area contributed by atoms with Crippen molar-refractivity contribution in [3.63, 3.8) is 0 Å². The molecule has 1 N–H and O–H groups in total. The standard InChI is InChI=1S/C11H12BrNO3/c1-4-5-13(7(2)3)10-8(12)6-9(16-10)11(14)15/h1,6-7H,5H2,2-3H3,(H,14,15). The fourth-order valence-electron chi connectivity index (χ4n) is 1.25. The fraction of sp³-hybridized carbons (Fsp3) is 0.364. The van der Waals surface area contributed by atoms with Gasteiger partial charge in [0.25, 0.3) is 0 Å². The summed E-state index contributed by atoms with van der Waals surface area (Å²) in [5.74, 6) is 1.75. The number of rotatable bonds is 4. The van der Waals surface area contributed by atoms with Crippen LogP contribution in [0.15, 0.2) is 15.0 Å². The maximum Gasteiger partial charge on any atom is 0.371 e. The highest BCUT2D eigenvalue weighted by atomic mass is 79.9. The van der Waals surface area contributed by atoms with E-state index in [1.54, 1.807) is 4.90 Å². The number of aromatic carboxylic acids is 1. The Kier molecular flexibility index (Phi) is 4.02. The number of hydrogen-bond donors (Lipinski definition) is 1. The van der Waals surface area contributed by atoms with Crippen LogP contribution in [0.3, 0.4) is 0 Å². The molecule has 0 fully saturated rings. The van der Waals surface area contributed by atoms with Gasteiger partial charge in [0, 0.05) is 12.1 Å². The lowest BCUT2D eigenvalue weighted by atomic mass is 10.3. The lowest BCUT2D eigenvalue weighted by Gasteiger charge is -2.24. The summed E-state index contributed by atoms with van der Waals surface area (Å²) < 4.78 is 5.83. The molecule has 1 heterocycles. The number of halogens is 1. The number of carboxylic acid groups (broad SMARTS) is 1. The Balaban J connectivity index is 3.10. The molecule has 0 saturated carbocycles. The summed E-state index contributed by atoms with van der Waals surface area (Å²) in [7, 11) is 0. The highest BCUT2D eigenvalue weighted by Gasteiger charge is 2.20. The minimum Gasteiger partial charge on any atom is -0.475 e. The molecule has 4 nitrogen and oxygen atoms in total. The van der Waals surface area contributed by atoms with Gasteiger partial charge >= 0.3 is 5.97 Å². The van der Waals surface area contributed by atoms with Crippen molar-refractivity contribution in [3.05, 3.63) is 16.3 Å². The smallest absolute Gasteiger partial charge is 0.371 e. The van der Waals surface area contributed by atoms with E-state index in [2.05, 4.69) is 21.9 Å². The summed E-state index contributed by atoms with van der Waals surface area (Å²) >= 11 is 3.26. The van der Waals surface area contributed by atoms with Gasteiger partial charge in [0.05, 0.1) is 11.0 Å². The third-order valence-corrected chi connectivity index (χ3v) is 2.59. The molecule has 0 amide bonds. The van der Waals surface area contributed by atoms with E-state index in [1.165, 1.54) is 6.07 Å². The largest absolute Gasteiger partial charge is 0.475 e. The van der Waals surface area contributed by atoms with Gasteiger partial charge in [-0.15, -0.1) is 6.42 Å². The Morgan fingerprint density at radius 2 is 2.38 bits per heavy atom. The van der Waals surface area contributed by atoms with Crippen LogP contribution in [0, 0.1) is 12.3 Å². The number of nitrogens with zero attached hydrogens (tertiary/aromatic N) is 1. The summed E-state index contributed by atoms with van der Waals surface area (Å²) in [6, 6.07) is 1.55. The van der Waals surface area contributed by atoms with Crippen molar-refractivity contribution < 1.29 is 14.3 Å². The van der Waals surface area contributed by atoms with E-state index in [0.29, 0.717) is 16.9 Å². The Morgan fingerprint density at radius 1 is 1.75 bits per heavy atom. The van der Waals surface area contributed by atoms with E-state index in [9.17, 15) is 4.79 Å². The van der Waals surface area contributed by atoms with Crippen molar-refractivity contribution in [2.75, 3.05) is 11.4 Å². The van der Waals surface area contributed by atoms with E-state index >= 15 is 0 Å². The van der Waals surface area contributed by atoms with E-state index in [-0.39, 0.29) is 11.8 Å². The molecule has 1 aromatic rings. The second-order valence-electron chi connectivity index (χ2n) is 3.49. The molecule has 0 aliphatic heterocycles. The second-order valence-corrected chi connectivity index (χ2v) is 4.35. The number of furan rings is 1. The van der Waals surface area contributed by atoms with Crippen LogP contribution in [0.1, 0.15) is 24.4 Å². The molecule has 0 aliphatic carbocycles. The lowest BCUT2D eigenvalue weighted by Crippen LogP contribution is -2.30. The average molecular weight is 286 g/mol. The molecule has 0 aliphatic rings. The van der Waals surface area contributed by atoms with Crippen LogP contribution in [0.5, 0.6) is 0 Å². The van der Waals surface area contributed by atoms with Gasteiger partial charge in [0.15, 0.2) is 0 Å². The molecule has 0 atom stereocenters. The zero-order valence-corrected chi connectivity index (χ0v) is 10.6. The summed E-state index contributed by atoms with van der Waals surface area (Å²) in [6.07, 6.45) is 5.26. The zero-order chi connectivity index (χ0) is 12.3. The van der Waals surface area contributed by atoms with Crippen LogP contribution in [-0.2, 0) is 0 Å². The van der Waals surface area contributed by atoms with Crippen molar-refractivity contribution >= 4 is 27.8 Å². The number of carboxylic acids is 1. The predicted octanol–water partition coefficient (Wildman–Crippen LogP) is 2.59.